The fourth-order valence-corrected chi connectivity index (χ4v) is 2.18. The van der Waals surface area contributed by atoms with Crippen LogP contribution in [-0.4, -0.2) is 42.8 Å². The first-order valence-electron chi connectivity index (χ1n) is 5.73. The lowest BCUT2D eigenvalue weighted by molar-refractivity contribution is 0.108. The van der Waals surface area contributed by atoms with Crippen LogP contribution in [0.3, 0.4) is 0 Å². The maximum Gasteiger partial charge on any atom is 0.163 e. The second-order valence-electron chi connectivity index (χ2n) is 4.13. The Labute approximate surface area is 99.1 Å². The molecule has 1 aliphatic heterocycles. The number of rotatable bonds is 3. The first-order chi connectivity index (χ1) is 8.24. The summed E-state index contributed by atoms with van der Waals surface area (Å²) in [5.74, 6) is -1.72. The number of nitrogens with zero attached hydrogens (tertiary/aromatic N) is 1. The zero-order valence-electron chi connectivity index (χ0n) is 9.50. The van der Waals surface area contributed by atoms with Crippen LogP contribution in [0.1, 0.15) is 11.6 Å². The normalized spacial score (nSPS) is 19.2. The van der Waals surface area contributed by atoms with Crippen LogP contribution in [0.25, 0.3) is 0 Å². The Morgan fingerprint density at radius 3 is 2.65 bits per heavy atom. The van der Waals surface area contributed by atoms with E-state index in [4.69, 9.17) is 0 Å². The van der Waals surface area contributed by atoms with Gasteiger partial charge in [0.15, 0.2) is 11.6 Å². The average Bonchev–Trinajstić information content (AvgIpc) is 2.37. The fourth-order valence-electron chi connectivity index (χ4n) is 2.18. The van der Waals surface area contributed by atoms with Crippen LogP contribution >= 0.6 is 0 Å². The lowest BCUT2D eigenvalue weighted by Gasteiger charge is -2.34. The predicted molar refractivity (Wildman–Crippen MR) is 60.6 cm³/mol. The van der Waals surface area contributed by atoms with Crippen molar-refractivity contribution in [3.8, 4) is 0 Å². The highest BCUT2D eigenvalue weighted by Crippen LogP contribution is 2.24. The Hall–Kier alpha value is -1.04. The maximum atomic E-state index is 13.7. The maximum absolute atomic E-state index is 13.7. The Kier molecular flexibility index (Phi) is 4.04. The van der Waals surface area contributed by atoms with Crippen LogP contribution in [0.15, 0.2) is 18.2 Å². The molecule has 2 N–H and O–H groups in total. The molecule has 1 aromatic carbocycles. The van der Waals surface area contributed by atoms with Crippen LogP contribution in [-0.2, 0) is 0 Å². The molecule has 2 rings (SSSR count). The third-order valence-corrected chi connectivity index (χ3v) is 3.11. The largest absolute Gasteiger partial charge is 0.394 e. The molecular weight excluding hydrogens is 226 g/mol. The van der Waals surface area contributed by atoms with Crippen molar-refractivity contribution in [2.45, 2.75) is 6.04 Å². The van der Waals surface area contributed by atoms with E-state index in [1.54, 1.807) is 0 Å². The van der Waals surface area contributed by atoms with Crippen LogP contribution in [0.2, 0.25) is 0 Å². The van der Waals surface area contributed by atoms with E-state index in [1.807, 2.05) is 4.90 Å². The number of hydrogen-bond acceptors (Lipinski definition) is 3. The van der Waals surface area contributed by atoms with Crippen molar-refractivity contribution in [1.29, 1.82) is 0 Å². The molecule has 1 aromatic rings. The molecule has 1 fully saturated rings. The molecule has 0 bridgehead atoms. The van der Waals surface area contributed by atoms with Gasteiger partial charge >= 0.3 is 0 Å². The predicted octanol–water partition coefficient (Wildman–Crippen LogP) is 0.903. The number of nitrogens with one attached hydrogen (secondary N) is 1. The highest BCUT2D eigenvalue weighted by molar-refractivity contribution is 5.23. The molecule has 0 spiro atoms. The molecule has 0 radical (unpaired) electrons. The summed E-state index contributed by atoms with van der Waals surface area (Å²) in [6.07, 6.45) is 0. The van der Waals surface area contributed by atoms with E-state index < -0.39 is 17.7 Å². The molecule has 1 heterocycles. The molecule has 1 saturated heterocycles. The zero-order valence-corrected chi connectivity index (χ0v) is 9.50. The highest BCUT2D eigenvalue weighted by atomic mass is 19.2. The molecule has 3 nitrogen and oxygen atoms in total. The minimum absolute atomic E-state index is 0.208. The second kappa shape index (κ2) is 5.53. The highest BCUT2D eigenvalue weighted by Gasteiger charge is 2.24. The molecular formula is C12H16F2N2O. The molecule has 0 aliphatic carbocycles. The molecule has 5 heteroatoms. The van der Waals surface area contributed by atoms with E-state index >= 15 is 0 Å². The number of aliphatic hydroxyl groups excluding tert-OH is 1. The summed E-state index contributed by atoms with van der Waals surface area (Å²) in [4.78, 5) is 1.97. The van der Waals surface area contributed by atoms with Crippen LogP contribution in [0.5, 0.6) is 0 Å². The molecule has 17 heavy (non-hydrogen) atoms. The average molecular weight is 242 g/mol. The van der Waals surface area contributed by atoms with Gasteiger partial charge < -0.3 is 10.4 Å². The topological polar surface area (TPSA) is 35.5 Å². The van der Waals surface area contributed by atoms with E-state index in [0.29, 0.717) is 0 Å². The molecule has 0 saturated carbocycles. The van der Waals surface area contributed by atoms with Crippen LogP contribution in [0, 0.1) is 11.6 Å². The van der Waals surface area contributed by atoms with Gasteiger partial charge in [0.2, 0.25) is 0 Å². The number of aliphatic hydroxyl groups is 1. The van der Waals surface area contributed by atoms with Gasteiger partial charge in [-0.05, 0) is 6.07 Å². The Morgan fingerprint density at radius 1 is 1.29 bits per heavy atom. The standard InChI is InChI=1S/C12H16F2N2O/c13-10-3-1-2-9(12(10)14)11(8-17)16-6-4-15-5-7-16/h1-3,11,15,17H,4-8H2/t11-/m0/s1. The lowest BCUT2D eigenvalue weighted by atomic mass is 10.0. The van der Waals surface area contributed by atoms with Gasteiger partial charge in [0.1, 0.15) is 0 Å². The van der Waals surface area contributed by atoms with Crippen molar-refractivity contribution in [3.05, 3.63) is 35.4 Å². The summed E-state index contributed by atoms with van der Waals surface area (Å²) < 4.78 is 26.8. The van der Waals surface area contributed by atoms with Gasteiger partial charge in [0.05, 0.1) is 12.6 Å². The SMILES string of the molecule is OC[C@@H](c1cccc(F)c1F)N1CCNCC1. The number of hydrogen-bond donors (Lipinski definition) is 2. The Bertz CT molecular complexity index is 381. The van der Waals surface area contributed by atoms with Gasteiger partial charge in [-0.25, -0.2) is 8.78 Å². The van der Waals surface area contributed by atoms with Crippen molar-refractivity contribution in [1.82, 2.24) is 10.2 Å². The summed E-state index contributed by atoms with van der Waals surface area (Å²) in [6, 6.07) is 3.62. The smallest absolute Gasteiger partial charge is 0.163 e. The van der Waals surface area contributed by atoms with Crippen molar-refractivity contribution in [2.24, 2.45) is 0 Å². The van der Waals surface area contributed by atoms with Gasteiger partial charge in [-0.3, -0.25) is 4.90 Å². The summed E-state index contributed by atoms with van der Waals surface area (Å²) in [5, 5.41) is 12.6. The third kappa shape index (κ3) is 2.62. The minimum Gasteiger partial charge on any atom is -0.394 e. The molecule has 0 aromatic heterocycles. The summed E-state index contributed by atoms with van der Waals surface area (Å²) in [6.45, 7) is 2.84. The van der Waals surface area contributed by atoms with E-state index in [2.05, 4.69) is 5.32 Å². The van der Waals surface area contributed by atoms with E-state index in [0.717, 1.165) is 32.2 Å². The quantitative estimate of drug-likeness (QED) is 0.826. The van der Waals surface area contributed by atoms with E-state index in [9.17, 15) is 13.9 Å². The first-order valence-corrected chi connectivity index (χ1v) is 5.73. The first kappa shape index (κ1) is 12.4. The van der Waals surface area contributed by atoms with Crippen molar-refractivity contribution < 1.29 is 13.9 Å². The lowest BCUT2D eigenvalue weighted by Crippen LogP contribution is -2.46. The van der Waals surface area contributed by atoms with Gasteiger partial charge in [-0.1, -0.05) is 12.1 Å². The van der Waals surface area contributed by atoms with Gasteiger partial charge in [0, 0.05) is 31.7 Å². The number of piperazine rings is 1. The molecule has 0 unspecified atom stereocenters. The molecule has 1 atom stereocenters. The van der Waals surface area contributed by atoms with Gasteiger partial charge in [-0.2, -0.15) is 0 Å². The van der Waals surface area contributed by atoms with Crippen molar-refractivity contribution in [2.75, 3.05) is 32.8 Å². The third-order valence-electron chi connectivity index (χ3n) is 3.11. The zero-order chi connectivity index (χ0) is 12.3. The summed E-state index contributed by atoms with van der Waals surface area (Å²) in [7, 11) is 0. The Morgan fingerprint density at radius 2 is 2.00 bits per heavy atom. The van der Waals surface area contributed by atoms with Gasteiger partial charge in [-0.15, -0.1) is 0 Å². The molecule has 94 valence electrons. The minimum atomic E-state index is -0.865. The molecule has 1 aliphatic rings. The van der Waals surface area contributed by atoms with Crippen LogP contribution < -0.4 is 5.32 Å². The summed E-state index contributed by atoms with van der Waals surface area (Å²) >= 11 is 0. The van der Waals surface area contributed by atoms with E-state index in [1.165, 1.54) is 12.1 Å². The molecule has 0 amide bonds. The number of halogens is 2. The van der Waals surface area contributed by atoms with Crippen molar-refractivity contribution >= 4 is 0 Å². The fraction of sp³-hybridized carbons (Fsp3) is 0.500. The number of benzene rings is 1. The van der Waals surface area contributed by atoms with Crippen molar-refractivity contribution in [3.63, 3.8) is 0 Å². The van der Waals surface area contributed by atoms with Gasteiger partial charge in [0.25, 0.3) is 0 Å². The van der Waals surface area contributed by atoms with Crippen LogP contribution in [0.4, 0.5) is 8.78 Å². The monoisotopic (exact) mass is 242 g/mol. The Balaban J connectivity index is 2.24. The summed E-state index contributed by atoms with van der Waals surface area (Å²) in [5.41, 5.74) is 0.231. The van der Waals surface area contributed by atoms with E-state index in [-0.39, 0.29) is 12.2 Å². The second-order valence-corrected chi connectivity index (χ2v) is 4.13.